The lowest BCUT2D eigenvalue weighted by molar-refractivity contribution is 0.0686. The summed E-state index contributed by atoms with van der Waals surface area (Å²) in [7, 11) is 1.50. The number of carbonyl (C=O) groups is 1. The molecule has 108 valence electrons. The third-order valence-electron chi connectivity index (χ3n) is 4.72. The standard InChI is InChI=1S/C16H21NO3/c1-20-14-8-4-6-12(15(14)18)16(19)17-10-9-11-5-2-3-7-13(11)17/h4,6,8,11,13,18H,2-3,5,7,9-10H2,1H3. The maximum absolute atomic E-state index is 12.7. The third kappa shape index (κ3) is 2.13. The van der Waals surface area contributed by atoms with Gasteiger partial charge in [-0.3, -0.25) is 4.79 Å². The summed E-state index contributed by atoms with van der Waals surface area (Å²) in [4.78, 5) is 14.7. The van der Waals surface area contributed by atoms with Crippen molar-refractivity contribution in [3.8, 4) is 11.5 Å². The van der Waals surface area contributed by atoms with E-state index in [1.165, 1.54) is 26.4 Å². The fourth-order valence-corrected chi connectivity index (χ4v) is 3.67. The zero-order valence-corrected chi connectivity index (χ0v) is 11.8. The number of amides is 1. The highest BCUT2D eigenvalue weighted by atomic mass is 16.5. The first-order valence-corrected chi connectivity index (χ1v) is 7.39. The van der Waals surface area contributed by atoms with E-state index in [2.05, 4.69) is 0 Å². The quantitative estimate of drug-likeness (QED) is 0.903. The SMILES string of the molecule is COc1cccc(C(=O)N2CCC3CCCCC32)c1O. The molecule has 1 aliphatic carbocycles. The maximum Gasteiger partial charge on any atom is 0.258 e. The number of fused-ring (bicyclic) bond motifs is 1. The first kappa shape index (κ1) is 13.3. The van der Waals surface area contributed by atoms with Gasteiger partial charge in [0.2, 0.25) is 0 Å². The summed E-state index contributed by atoms with van der Waals surface area (Å²) in [6.45, 7) is 0.810. The Morgan fingerprint density at radius 1 is 1.30 bits per heavy atom. The number of hydrogen-bond donors (Lipinski definition) is 1. The van der Waals surface area contributed by atoms with Crippen molar-refractivity contribution in [1.82, 2.24) is 4.90 Å². The number of benzene rings is 1. The molecule has 1 heterocycles. The van der Waals surface area contributed by atoms with Crippen LogP contribution in [0.15, 0.2) is 18.2 Å². The average Bonchev–Trinajstić information content (AvgIpc) is 2.91. The van der Waals surface area contributed by atoms with Crippen molar-refractivity contribution in [3.63, 3.8) is 0 Å². The molecule has 0 radical (unpaired) electrons. The van der Waals surface area contributed by atoms with Gasteiger partial charge in [-0.1, -0.05) is 18.9 Å². The molecule has 1 amide bonds. The number of hydrogen-bond acceptors (Lipinski definition) is 3. The molecule has 1 aromatic rings. The highest BCUT2D eigenvalue weighted by Gasteiger charge is 2.39. The molecule has 0 aromatic heterocycles. The van der Waals surface area contributed by atoms with Gasteiger partial charge in [0.15, 0.2) is 11.5 Å². The van der Waals surface area contributed by atoms with Gasteiger partial charge in [-0.05, 0) is 37.3 Å². The number of likely N-dealkylation sites (tertiary alicyclic amines) is 1. The Morgan fingerprint density at radius 2 is 2.10 bits per heavy atom. The monoisotopic (exact) mass is 275 g/mol. The molecule has 3 rings (SSSR count). The molecule has 1 aliphatic heterocycles. The number of aromatic hydroxyl groups is 1. The Kier molecular flexibility index (Phi) is 3.55. The predicted octanol–water partition coefficient (Wildman–Crippen LogP) is 2.81. The molecule has 1 N–H and O–H groups in total. The summed E-state index contributed by atoms with van der Waals surface area (Å²) in [6.07, 6.45) is 5.92. The van der Waals surface area contributed by atoms with Crippen molar-refractivity contribution in [2.45, 2.75) is 38.1 Å². The molecule has 2 fully saturated rings. The molecule has 20 heavy (non-hydrogen) atoms. The van der Waals surface area contributed by atoms with Crippen molar-refractivity contribution in [2.75, 3.05) is 13.7 Å². The number of rotatable bonds is 2. The van der Waals surface area contributed by atoms with Gasteiger partial charge in [0.05, 0.1) is 12.7 Å². The van der Waals surface area contributed by atoms with Gasteiger partial charge in [0.25, 0.3) is 5.91 Å². The fourth-order valence-electron chi connectivity index (χ4n) is 3.67. The van der Waals surface area contributed by atoms with Gasteiger partial charge < -0.3 is 14.7 Å². The molecule has 1 saturated heterocycles. The number of ether oxygens (including phenoxy) is 1. The number of nitrogens with zero attached hydrogens (tertiary/aromatic N) is 1. The van der Waals surface area contributed by atoms with Crippen LogP contribution in [-0.2, 0) is 0 Å². The lowest BCUT2D eigenvalue weighted by Gasteiger charge is -2.31. The van der Waals surface area contributed by atoms with Crippen LogP contribution in [0.4, 0.5) is 0 Å². The lowest BCUT2D eigenvalue weighted by Crippen LogP contribution is -2.39. The van der Waals surface area contributed by atoms with E-state index in [9.17, 15) is 9.90 Å². The summed E-state index contributed by atoms with van der Waals surface area (Å²) in [5, 5.41) is 10.1. The number of methoxy groups -OCH3 is 1. The van der Waals surface area contributed by atoms with Crippen molar-refractivity contribution in [2.24, 2.45) is 5.92 Å². The van der Waals surface area contributed by atoms with Gasteiger partial charge in [-0.25, -0.2) is 0 Å². The molecule has 2 unspecified atom stereocenters. The second-order valence-electron chi connectivity index (χ2n) is 5.76. The molecular formula is C16H21NO3. The zero-order valence-electron chi connectivity index (χ0n) is 11.8. The van der Waals surface area contributed by atoms with Crippen LogP contribution in [0.5, 0.6) is 11.5 Å². The van der Waals surface area contributed by atoms with Gasteiger partial charge in [0, 0.05) is 12.6 Å². The molecule has 1 aromatic carbocycles. The minimum absolute atomic E-state index is 0.0424. The molecule has 4 heteroatoms. The van der Waals surface area contributed by atoms with E-state index < -0.39 is 0 Å². The fraction of sp³-hybridized carbons (Fsp3) is 0.562. The van der Waals surface area contributed by atoms with Crippen LogP contribution < -0.4 is 4.74 Å². The Morgan fingerprint density at radius 3 is 2.90 bits per heavy atom. The van der Waals surface area contributed by atoms with Crippen LogP contribution in [0.1, 0.15) is 42.5 Å². The minimum atomic E-state index is -0.0594. The number of phenolic OH excluding ortho intramolecular Hbond substituents is 1. The van der Waals surface area contributed by atoms with Crippen molar-refractivity contribution in [1.29, 1.82) is 0 Å². The topological polar surface area (TPSA) is 49.8 Å². The summed E-state index contributed by atoms with van der Waals surface area (Å²) in [6, 6.07) is 5.46. The normalized spacial score (nSPS) is 25.4. The van der Waals surface area contributed by atoms with Gasteiger partial charge in [-0.15, -0.1) is 0 Å². The van der Waals surface area contributed by atoms with Crippen LogP contribution in [0.25, 0.3) is 0 Å². The smallest absolute Gasteiger partial charge is 0.258 e. The molecule has 0 spiro atoms. The molecule has 2 aliphatic rings. The first-order chi connectivity index (χ1) is 9.72. The highest BCUT2D eigenvalue weighted by molar-refractivity contribution is 5.98. The van der Waals surface area contributed by atoms with Gasteiger partial charge >= 0.3 is 0 Å². The summed E-state index contributed by atoms with van der Waals surface area (Å²) in [5.41, 5.74) is 0.357. The second kappa shape index (κ2) is 5.35. The van der Waals surface area contributed by atoms with E-state index in [0.717, 1.165) is 19.4 Å². The maximum atomic E-state index is 12.7. The molecule has 1 saturated carbocycles. The summed E-state index contributed by atoms with van der Waals surface area (Å²) in [5.74, 6) is 0.908. The van der Waals surface area contributed by atoms with Crippen molar-refractivity contribution >= 4 is 5.91 Å². The number of phenols is 1. The van der Waals surface area contributed by atoms with Crippen molar-refractivity contribution in [3.05, 3.63) is 23.8 Å². The lowest BCUT2D eigenvalue weighted by atomic mass is 9.85. The van der Waals surface area contributed by atoms with Crippen LogP contribution in [0.3, 0.4) is 0 Å². The molecule has 4 nitrogen and oxygen atoms in total. The zero-order chi connectivity index (χ0) is 14.1. The Bertz CT molecular complexity index is 514. The molecule has 2 atom stereocenters. The van der Waals surface area contributed by atoms with Crippen LogP contribution in [0, 0.1) is 5.92 Å². The van der Waals surface area contributed by atoms with Crippen LogP contribution in [-0.4, -0.2) is 35.6 Å². The Balaban J connectivity index is 1.86. The Hall–Kier alpha value is -1.71. The average molecular weight is 275 g/mol. The van der Waals surface area contributed by atoms with E-state index in [0.29, 0.717) is 23.3 Å². The highest BCUT2D eigenvalue weighted by Crippen LogP contribution is 2.38. The minimum Gasteiger partial charge on any atom is -0.504 e. The second-order valence-corrected chi connectivity index (χ2v) is 5.76. The third-order valence-corrected chi connectivity index (χ3v) is 4.72. The Labute approximate surface area is 119 Å². The molecule has 0 bridgehead atoms. The predicted molar refractivity (Wildman–Crippen MR) is 76.1 cm³/mol. The number of para-hydroxylation sites is 1. The van der Waals surface area contributed by atoms with Crippen LogP contribution in [0.2, 0.25) is 0 Å². The number of carbonyl (C=O) groups excluding carboxylic acids is 1. The van der Waals surface area contributed by atoms with E-state index in [-0.39, 0.29) is 11.7 Å². The van der Waals surface area contributed by atoms with E-state index in [1.54, 1.807) is 18.2 Å². The molecular weight excluding hydrogens is 254 g/mol. The van der Waals surface area contributed by atoms with Crippen LogP contribution >= 0.6 is 0 Å². The van der Waals surface area contributed by atoms with E-state index in [4.69, 9.17) is 4.74 Å². The largest absolute Gasteiger partial charge is 0.504 e. The summed E-state index contributed by atoms with van der Waals surface area (Å²) >= 11 is 0. The van der Waals surface area contributed by atoms with E-state index >= 15 is 0 Å². The van der Waals surface area contributed by atoms with Crippen molar-refractivity contribution < 1.29 is 14.6 Å². The summed E-state index contributed by atoms with van der Waals surface area (Å²) < 4.78 is 5.08. The van der Waals surface area contributed by atoms with Gasteiger partial charge in [0.1, 0.15) is 0 Å². The van der Waals surface area contributed by atoms with E-state index in [1.807, 2.05) is 4.90 Å². The first-order valence-electron chi connectivity index (χ1n) is 7.39. The van der Waals surface area contributed by atoms with Gasteiger partial charge in [-0.2, -0.15) is 0 Å².